The Labute approximate surface area is 139 Å². The number of nitrogens with one attached hydrogen (secondary N) is 1. The molecule has 1 aromatic carbocycles. The highest BCUT2D eigenvalue weighted by molar-refractivity contribution is 7.15. The van der Waals surface area contributed by atoms with Crippen LogP contribution in [0.25, 0.3) is 10.6 Å². The molecule has 0 spiro atoms. The van der Waals surface area contributed by atoms with Crippen molar-refractivity contribution >= 4 is 17.2 Å². The number of carbonyl (C=O) groups excluding carboxylic acids is 1. The second kappa shape index (κ2) is 7.24. The Hall–Kier alpha value is -2.40. The molecule has 0 aliphatic carbocycles. The van der Waals surface area contributed by atoms with Crippen molar-refractivity contribution in [3.63, 3.8) is 0 Å². The summed E-state index contributed by atoms with van der Waals surface area (Å²) in [5.41, 5.74) is 1.63. The summed E-state index contributed by atoms with van der Waals surface area (Å²) < 4.78 is 5.40. The topological polar surface area (TPSA) is 55.1 Å². The number of carbonyl (C=O) groups is 1. The fraction of sp³-hybridized carbons (Fsp3) is 0.222. The molecular formula is C18H18N2O2S. The van der Waals surface area contributed by atoms with Gasteiger partial charge in [-0.15, -0.1) is 11.3 Å². The van der Waals surface area contributed by atoms with Crippen molar-refractivity contribution in [2.24, 2.45) is 0 Å². The molecule has 4 nitrogen and oxygen atoms in total. The van der Waals surface area contributed by atoms with Gasteiger partial charge in [-0.25, -0.2) is 4.98 Å². The third-order valence-corrected chi connectivity index (χ3v) is 4.52. The molecule has 0 radical (unpaired) electrons. The zero-order chi connectivity index (χ0) is 16.1. The van der Waals surface area contributed by atoms with Gasteiger partial charge in [0.1, 0.15) is 0 Å². The van der Waals surface area contributed by atoms with E-state index < -0.39 is 0 Å². The molecule has 0 saturated carbocycles. The third-order valence-electron chi connectivity index (χ3n) is 3.52. The van der Waals surface area contributed by atoms with E-state index in [9.17, 15) is 4.79 Å². The summed E-state index contributed by atoms with van der Waals surface area (Å²) >= 11 is 1.59. The van der Waals surface area contributed by atoms with Crippen molar-refractivity contribution < 1.29 is 9.21 Å². The molecule has 0 fully saturated rings. The molecule has 5 heteroatoms. The van der Waals surface area contributed by atoms with Crippen LogP contribution in [0.2, 0.25) is 0 Å². The summed E-state index contributed by atoms with van der Waals surface area (Å²) in [5.74, 6) is 0.358. The van der Waals surface area contributed by atoms with Gasteiger partial charge < -0.3 is 9.73 Å². The molecular weight excluding hydrogens is 308 g/mol. The van der Waals surface area contributed by atoms with Crippen LogP contribution in [0.1, 0.15) is 27.3 Å². The van der Waals surface area contributed by atoms with E-state index in [4.69, 9.17) is 4.42 Å². The number of thiophene rings is 1. The molecule has 0 aliphatic rings. The van der Waals surface area contributed by atoms with E-state index in [0.717, 1.165) is 17.7 Å². The van der Waals surface area contributed by atoms with E-state index >= 15 is 0 Å². The van der Waals surface area contributed by atoms with Crippen molar-refractivity contribution in [1.29, 1.82) is 0 Å². The fourth-order valence-electron chi connectivity index (χ4n) is 2.36. The number of aromatic nitrogens is 1. The quantitative estimate of drug-likeness (QED) is 0.695. The predicted octanol–water partition coefficient (Wildman–Crippen LogP) is 4.07. The van der Waals surface area contributed by atoms with Gasteiger partial charge in [-0.2, -0.15) is 0 Å². The minimum atomic E-state index is -0.187. The molecule has 1 amide bonds. The van der Waals surface area contributed by atoms with Crippen molar-refractivity contribution in [2.75, 3.05) is 6.54 Å². The van der Waals surface area contributed by atoms with Gasteiger partial charge in [0, 0.05) is 11.4 Å². The van der Waals surface area contributed by atoms with E-state index in [0.29, 0.717) is 18.0 Å². The number of hydrogen-bond acceptors (Lipinski definition) is 4. The van der Waals surface area contributed by atoms with Crippen molar-refractivity contribution in [3.05, 3.63) is 65.0 Å². The first-order chi connectivity index (χ1) is 11.2. The molecule has 23 heavy (non-hydrogen) atoms. The lowest BCUT2D eigenvalue weighted by molar-refractivity contribution is 0.0949. The lowest BCUT2D eigenvalue weighted by Crippen LogP contribution is -2.25. The summed E-state index contributed by atoms with van der Waals surface area (Å²) in [6, 6.07) is 14.2. The van der Waals surface area contributed by atoms with Crippen LogP contribution in [-0.4, -0.2) is 17.4 Å². The first kappa shape index (κ1) is 15.5. The van der Waals surface area contributed by atoms with Crippen LogP contribution < -0.4 is 5.32 Å². The molecule has 2 aromatic heterocycles. The highest BCUT2D eigenvalue weighted by Crippen LogP contribution is 2.29. The van der Waals surface area contributed by atoms with Gasteiger partial charge in [0.2, 0.25) is 0 Å². The Morgan fingerprint density at radius 1 is 1.22 bits per heavy atom. The number of nitrogens with zero attached hydrogens (tertiary/aromatic N) is 1. The van der Waals surface area contributed by atoms with Gasteiger partial charge in [0.15, 0.2) is 17.8 Å². The second-order valence-electron chi connectivity index (χ2n) is 5.29. The number of hydrogen-bond donors (Lipinski definition) is 1. The number of benzene rings is 1. The molecule has 2 heterocycles. The lowest BCUT2D eigenvalue weighted by atomic mass is 10.1. The van der Waals surface area contributed by atoms with Gasteiger partial charge in [0.25, 0.3) is 5.91 Å². The Morgan fingerprint density at radius 2 is 2.04 bits per heavy atom. The molecule has 0 aliphatic heterocycles. The standard InChI is InChI=1S/C18H18N2O2S/c1-13-9-10-15(23-13)17-16(20-12-22-17)18(21)19-11-5-8-14-6-3-2-4-7-14/h2-4,6-7,9-10,12H,5,8,11H2,1H3,(H,19,21). The molecule has 0 bridgehead atoms. The first-order valence-electron chi connectivity index (χ1n) is 7.56. The zero-order valence-electron chi connectivity index (χ0n) is 12.9. The largest absolute Gasteiger partial charge is 0.442 e. The monoisotopic (exact) mass is 326 g/mol. The average molecular weight is 326 g/mol. The summed E-state index contributed by atoms with van der Waals surface area (Å²) in [5, 5.41) is 2.92. The van der Waals surface area contributed by atoms with E-state index in [2.05, 4.69) is 22.4 Å². The molecule has 118 valence electrons. The van der Waals surface area contributed by atoms with Crippen LogP contribution in [0.5, 0.6) is 0 Å². The summed E-state index contributed by atoms with van der Waals surface area (Å²) in [6.45, 7) is 2.64. The van der Waals surface area contributed by atoms with Gasteiger partial charge in [-0.1, -0.05) is 30.3 Å². The third kappa shape index (κ3) is 3.87. The fourth-order valence-corrected chi connectivity index (χ4v) is 3.22. The highest BCUT2D eigenvalue weighted by atomic mass is 32.1. The average Bonchev–Trinajstić information content (AvgIpc) is 3.21. The van der Waals surface area contributed by atoms with Crippen molar-refractivity contribution in [1.82, 2.24) is 10.3 Å². The van der Waals surface area contributed by atoms with Crippen LogP contribution in [0.3, 0.4) is 0 Å². The normalized spacial score (nSPS) is 10.7. The van der Waals surface area contributed by atoms with E-state index in [1.807, 2.05) is 37.3 Å². The van der Waals surface area contributed by atoms with Gasteiger partial charge in [-0.05, 0) is 37.5 Å². The minimum Gasteiger partial charge on any atom is -0.442 e. The predicted molar refractivity (Wildman–Crippen MR) is 91.6 cm³/mol. The Morgan fingerprint density at radius 3 is 2.78 bits per heavy atom. The minimum absolute atomic E-state index is 0.187. The molecule has 0 unspecified atom stereocenters. The number of aryl methyl sites for hydroxylation is 2. The van der Waals surface area contributed by atoms with Crippen LogP contribution >= 0.6 is 11.3 Å². The maximum Gasteiger partial charge on any atom is 0.273 e. The Kier molecular flexibility index (Phi) is 4.88. The van der Waals surface area contributed by atoms with Gasteiger partial charge >= 0.3 is 0 Å². The number of amides is 1. The lowest BCUT2D eigenvalue weighted by Gasteiger charge is -2.04. The molecule has 0 atom stereocenters. The van der Waals surface area contributed by atoms with Gasteiger partial charge in [-0.3, -0.25) is 4.79 Å². The SMILES string of the molecule is Cc1ccc(-c2ocnc2C(=O)NCCCc2ccccc2)s1. The van der Waals surface area contributed by atoms with E-state index in [1.54, 1.807) is 11.3 Å². The summed E-state index contributed by atoms with van der Waals surface area (Å²) in [4.78, 5) is 18.5. The van der Waals surface area contributed by atoms with Crippen molar-refractivity contribution in [3.8, 4) is 10.6 Å². The molecule has 3 rings (SSSR count). The van der Waals surface area contributed by atoms with Crippen LogP contribution in [0.4, 0.5) is 0 Å². The van der Waals surface area contributed by atoms with E-state index in [1.165, 1.54) is 16.8 Å². The van der Waals surface area contributed by atoms with Crippen LogP contribution in [0, 0.1) is 6.92 Å². The van der Waals surface area contributed by atoms with Crippen LogP contribution in [-0.2, 0) is 6.42 Å². The Bertz CT molecular complexity index is 777. The maximum absolute atomic E-state index is 12.3. The summed E-state index contributed by atoms with van der Waals surface area (Å²) in [6.07, 6.45) is 3.15. The maximum atomic E-state index is 12.3. The highest BCUT2D eigenvalue weighted by Gasteiger charge is 2.18. The zero-order valence-corrected chi connectivity index (χ0v) is 13.7. The first-order valence-corrected chi connectivity index (χ1v) is 8.38. The molecule has 0 saturated heterocycles. The van der Waals surface area contributed by atoms with Crippen LogP contribution in [0.15, 0.2) is 53.3 Å². The van der Waals surface area contributed by atoms with E-state index in [-0.39, 0.29) is 5.91 Å². The number of oxazole rings is 1. The second-order valence-corrected chi connectivity index (χ2v) is 6.57. The van der Waals surface area contributed by atoms with Gasteiger partial charge in [0.05, 0.1) is 4.88 Å². The molecule has 3 aromatic rings. The smallest absolute Gasteiger partial charge is 0.273 e. The summed E-state index contributed by atoms with van der Waals surface area (Å²) in [7, 11) is 0. The van der Waals surface area contributed by atoms with Crippen molar-refractivity contribution in [2.45, 2.75) is 19.8 Å². The molecule has 1 N–H and O–H groups in total. The Balaban J connectivity index is 1.56. The number of rotatable bonds is 6.